The summed E-state index contributed by atoms with van der Waals surface area (Å²) in [6.07, 6.45) is 6.37. The number of benzene rings is 1. The minimum Gasteiger partial charge on any atom is -0.0985 e. The van der Waals surface area contributed by atoms with Crippen molar-refractivity contribution in [2.75, 3.05) is 0 Å². The van der Waals surface area contributed by atoms with Crippen LogP contribution in [0.3, 0.4) is 0 Å². The molecule has 0 nitrogen and oxygen atoms in total. The average molecular weight is 228 g/mol. The first-order chi connectivity index (χ1) is 8.11. The van der Waals surface area contributed by atoms with Crippen LogP contribution in [0.15, 0.2) is 43.0 Å². The fourth-order valence-electron chi connectivity index (χ4n) is 2.13. The highest BCUT2D eigenvalue weighted by atomic mass is 14.3. The summed E-state index contributed by atoms with van der Waals surface area (Å²) in [6, 6.07) is 8.93. The third-order valence-electron chi connectivity index (χ3n) is 4.01. The van der Waals surface area contributed by atoms with E-state index in [-0.39, 0.29) is 0 Å². The Balaban J connectivity index is 3.07. The fourth-order valence-corrected chi connectivity index (χ4v) is 2.13. The lowest BCUT2D eigenvalue weighted by Crippen LogP contribution is -2.19. The minimum atomic E-state index is 0.308. The molecule has 1 rings (SSSR count). The van der Waals surface area contributed by atoms with Crippen LogP contribution < -0.4 is 0 Å². The van der Waals surface area contributed by atoms with Gasteiger partial charge in [0.05, 0.1) is 0 Å². The van der Waals surface area contributed by atoms with Gasteiger partial charge in [-0.25, -0.2) is 0 Å². The molecule has 0 heterocycles. The van der Waals surface area contributed by atoms with Gasteiger partial charge in [0, 0.05) is 0 Å². The van der Waals surface area contributed by atoms with Gasteiger partial charge in [0.2, 0.25) is 0 Å². The van der Waals surface area contributed by atoms with Gasteiger partial charge in [-0.3, -0.25) is 0 Å². The summed E-state index contributed by atoms with van der Waals surface area (Å²) in [7, 11) is 0. The van der Waals surface area contributed by atoms with E-state index in [2.05, 4.69) is 57.7 Å². The lowest BCUT2D eigenvalue weighted by atomic mass is 9.77. The summed E-state index contributed by atoms with van der Waals surface area (Å²) in [5.41, 5.74) is 4.20. The van der Waals surface area contributed by atoms with Crippen LogP contribution in [-0.2, 0) is 5.41 Å². The van der Waals surface area contributed by atoms with E-state index in [0.717, 1.165) is 0 Å². The van der Waals surface area contributed by atoms with E-state index < -0.39 is 0 Å². The Hall–Kier alpha value is -1.30. The Morgan fingerprint density at radius 3 is 2.06 bits per heavy atom. The summed E-state index contributed by atoms with van der Waals surface area (Å²) in [4.78, 5) is 0. The van der Waals surface area contributed by atoms with Crippen LogP contribution in [0.5, 0.6) is 0 Å². The standard InChI is InChI=1S/C17H24/c1-6-14(7-2)15-10-12-16(13-11-15)17(5,8-3)9-4/h6-7,10-13H,1,8-9H2,2-5H3/b14-7+. The van der Waals surface area contributed by atoms with Gasteiger partial charge in [-0.15, -0.1) is 0 Å². The third-order valence-corrected chi connectivity index (χ3v) is 4.01. The van der Waals surface area contributed by atoms with Crippen LogP contribution in [0.1, 0.15) is 51.7 Å². The first-order valence-electron chi connectivity index (χ1n) is 6.51. The zero-order chi connectivity index (χ0) is 12.9. The Bertz CT molecular complexity index is 389. The smallest absolute Gasteiger partial charge is 0.00805 e. The van der Waals surface area contributed by atoms with Gasteiger partial charge in [0.15, 0.2) is 0 Å². The molecule has 92 valence electrons. The molecule has 0 atom stereocenters. The van der Waals surface area contributed by atoms with Gasteiger partial charge >= 0.3 is 0 Å². The molecule has 0 fully saturated rings. The third kappa shape index (κ3) is 2.88. The topological polar surface area (TPSA) is 0 Å². The number of allylic oxidation sites excluding steroid dienone is 3. The number of rotatable bonds is 5. The van der Waals surface area contributed by atoms with Gasteiger partial charge in [-0.05, 0) is 41.9 Å². The lowest BCUT2D eigenvalue weighted by molar-refractivity contribution is 0.439. The summed E-state index contributed by atoms with van der Waals surface area (Å²) in [5.74, 6) is 0. The van der Waals surface area contributed by atoms with Crippen molar-refractivity contribution in [3.05, 3.63) is 54.1 Å². The normalized spacial score (nSPS) is 12.6. The Labute approximate surface area is 106 Å². The van der Waals surface area contributed by atoms with Crippen molar-refractivity contribution in [1.29, 1.82) is 0 Å². The molecule has 0 aliphatic rings. The molecule has 1 aromatic rings. The van der Waals surface area contributed by atoms with Crippen LogP contribution in [-0.4, -0.2) is 0 Å². The van der Waals surface area contributed by atoms with Crippen LogP contribution in [0.2, 0.25) is 0 Å². The Morgan fingerprint density at radius 1 is 1.18 bits per heavy atom. The van der Waals surface area contributed by atoms with Crippen molar-refractivity contribution in [2.24, 2.45) is 0 Å². The van der Waals surface area contributed by atoms with Crippen LogP contribution in [0, 0.1) is 0 Å². The molecule has 17 heavy (non-hydrogen) atoms. The molecule has 0 saturated heterocycles. The summed E-state index contributed by atoms with van der Waals surface area (Å²) in [6.45, 7) is 12.8. The van der Waals surface area contributed by atoms with Crippen molar-refractivity contribution in [1.82, 2.24) is 0 Å². The fraction of sp³-hybridized carbons (Fsp3) is 0.412. The van der Waals surface area contributed by atoms with E-state index in [0.29, 0.717) is 5.41 Å². The average Bonchev–Trinajstić information content (AvgIpc) is 2.40. The monoisotopic (exact) mass is 228 g/mol. The van der Waals surface area contributed by atoms with Crippen molar-refractivity contribution in [2.45, 2.75) is 46.0 Å². The number of hydrogen-bond acceptors (Lipinski definition) is 0. The minimum absolute atomic E-state index is 0.308. The maximum absolute atomic E-state index is 3.84. The van der Waals surface area contributed by atoms with Crippen LogP contribution in [0.25, 0.3) is 5.57 Å². The Morgan fingerprint density at radius 2 is 1.71 bits per heavy atom. The molecular weight excluding hydrogens is 204 g/mol. The molecule has 0 unspecified atom stereocenters. The number of hydrogen-bond donors (Lipinski definition) is 0. The quantitative estimate of drug-likeness (QED) is 0.596. The van der Waals surface area contributed by atoms with E-state index >= 15 is 0 Å². The van der Waals surface area contributed by atoms with E-state index in [1.165, 1.54) is 29.5 Å². The highest BCUT2D eigenvalue weighted by Crippen LogP contribution is 2.31. The molecule has 0 amide bonds. The molecule has 0 spiro atoms. The summed E-state index contributed by atoms with van der Waals surface area (Å²) >= 11 is 0. The van der Waals surface area contributed by atoms with Gasteiger partial charge in [-0.1, -0.05) is 63.8 Å². The molecule has 1 aromatic carbocycles. The molecule has 0 aromatic heterocycles. The Kier molecular flexibility index (Phi) is 4.74. The second kappa shape index (κ2) is 5.86. The summed E-state index contributed by atoms with van der Waals surface area (Å²) in [5, 5.41) is 0. The van der Waals surface area contributed by atoms with Crippen LogP contribution in [0.4, 0.5) is 0 Å². The van der Waals surface area contributed by atoms with E-state index in [4.69, 9.17) is 0 Å². The predicted octanol–water partition coefficient (Wildman–Crippen LogP) is 5.35. The van der Waals surface area contributed by atoms with Crippen LogP contribution >= 0.6 is 0 Å². The molecule has 0 saturated carbocycles. The SMILES string of the molecule is C=C/C(=C\C)c1ccc(C(C)(CC)CC)cc1. The first kappa shape index (κ1) is 13.8. The largest absolute Gasteiger partial charge is 0.0985 e. The zero-order valence-corrected chi connectivity index (χ0v) is 11.6. The van der Waals surface area contributed by atoms with Gasteiger partial charge < -0.3 is 0 Å². The lowest BCUT2D eigenvalue weighted by Gasteiger charge is -2.27. The van der Waals surface area contributed by atoms with Gasteiger partial charge in [0.25, 0.3) is 0 Å². The zero-order valence-electron chi connectivity index (χ0n) is 11.6. The maximum Gasteiger partial charge on any atom is -0.00805 e. The molecule has 0 N–H and O–H groups in total. The molecule has 0 aliphatic heterocycles. The van der Waals surface area contributed by atoms with Gasteiger partial charge in [0.1, 0.15) is 0 Å². The molecule has 0 radical (unpaired) electrons. The van der Waals surface area contributed by atoms with E-state index in [1.54, 1.807) is 0 Å². The predicted molar refractivity (Wildman–Crippen MR) is 78.2 cm³/mol. The highest BCUT2D eigenvalue weighted by molar-refractivity contribution is 5.73. The molecule has 0 heteroatoms. The van der Waals surface area contributed by atoms with Crippen molar-refractivity contribution < 1.29 is 0 Å². The maximum atomic E-state index is 3.84. The molecule has 0 aliphatic carbocycles. The van der Waals surface area contributed by atoms with Crippen molar-refractivity contribution in [3.8, 4) is 0 Å². The van der Waals surface area contributed by atoms with Crippen molar-refractivity contribution >= 4 is 5.57 Å². The molecular formula is C17H24. The van der Waals surface area contributed by atoms with Gasteiger partial charge in [-0.2, -0.15) is 0 Å². The first-order valence-corrected chi connectivity index (χ1v) is 6.51. The van der Waals surface area contributed by atoms with Crippen molar-refractivity contribution in [3.63, 3.8) is 0 Å². The second-order valence-corrected chi connectivity index (χ2v) is 4.79. The van der Waals surface area contributed by atoms with E-state index in [1.807, 2.05) is 13.0 Å². The van der Waals surface area contributed by atoms with E-state index in [9.17, 15) is 0 Å². The molecule has 0 bridgehead atoms. The summed E-state index contributed by atoms with van der Waals surface area (Å²) < 4.78 is 0. The second-order valence-electron chi connectivity index (χ2n) is 4.79. The highest BCUT2D eigenvalue weighted by Gasteiger charge is 2.21.